The van der Waals surface area contributed by atoms with Gasteiger partial charge in [-0.05, 0) is 18.2 Å². The Kier molecular flexibility index (Phi) is 5.19. The van der Waals surface area contributed by atoms with Crippen LogP contribution in [0.4, 0.5) is 5.69 Å². The second-order valence-electron chi connectivity index (χ2n) is 3.52. The Morgan fingerprint density at radius 3 is 2.47 bits per heavy atom. The number of hydrogen-bond donors (Lipinski definition) is 5. The summed E-state index contributed by atoms with van der Waals surface area (Å²) in [5, 5.41) is 22.8. The van der Waals surface area contributed by atoms with E-state index < -0.39 is 17.8 Å². The molecular formula is C11H12N2O5S. The van der Waals surface area contributed by atoms with Crippen LogP contribution in [0.3, 0.4) is 0 Å². The van der Waals surface area contributed by atoms with Crippen LogP contribution in [-0.4, -0.2) is 40.3 Å². The molecule has 0 fully saturated rings. The number of carboxylic acid groups (broad SMARTS) is 1. The molecule has 0 saturated heterocycles. The van der Waals surface area contributed by atoms with E-state index >= 15 is 0 Å². The Bertz CT molecular complexity index is 518. The fourth-order valence-corrected chi connectivity index (χ4v) is 1.31. The molecule has 0 saturated carbocycles. The molecule has 0 aromatic heterocycles. The summed E-state index contributed by atoms with van der Waals surface area (Å²) in [7, 11) is 0. The van der Waals surface area contributed by atoms with Crippen molar-refractivity contribution in [3.63, 3.8) is 0 Å². The van der Waals surface area contributed by atoms with E-state index in [1.807, 2.05) is 0 Å². The molecule has 102 valence electrons. The number of anilines is 1. The van der Waals surface area contributed by atoms with Crippen LogP contribution in [0.5, 0.6) is 5.75 Å². The lowest BCUT2D eigenvalue weighted by atomic mass is 10.2. The number of amides is 2. The zero-order valence-electron chi connectivity index (χ0n) is 9.71. The van der Waals surface area contributed by atoms with Crippen LogP contribution in [0.25, 0.3) is 0 Å². The molecule has 1 aromatic rings. The van der Waals surface area contributed by atoms with E-state index in [1.54, 1.807) is 0 Å². The topological polar surface area (TPSA) is 116 Å². The first-order chi connectivity index (χ1) is 8.93. The van der Waals surface area contributed by atoms with E-state index in [4.69, 9.17) is 5.11 Å². The number of aromatic hydroxyl groups is 1. The average Bonchev–Trinajstić information content (AvgIpc) is 2.38. The summed E-state index contributed by atoms with van der Waals surface area (Å²) in [4.78, 5) is 33.1. The lowest BCUT2D eigenvalue weighted by Crippen LogP contribution is -2.33. The quantitative estimate of drug-likeness (QED) is 0.388. The van der Waals surface area contributed by atoms with Gasteiger partial charge in [0.2, 0.25) is 11.8 Å². The second kappa shape index (κ2) is 6.64. The molecule has 2 amide bonds. The maximum absolute atomic E-state index is 11.5. The Labute approximate surface area is 114 Å². The lowest BCUT2D eigenvalue weighted by molar-refractivity contribution is -0.122. The predicted molar refractivity (Wildman–Crippen MR) is 70.6 cm³/mol. The molecule has 19 heavy (non-hydrogen) atoms. The van der Waals surface area contributed by atoms with Crippen LogP contribution >= 0.6 is 12.6 Å². The Balaban J connectivity index is 2.70. The number of rotatable bonds is 5. The molecule has 0 radical (unpaired) electrons. The number of nitrogens with one attached hydrogen (secondary N) is 2. The minimum atomic E-state index is -1.18. The molecule has 0 aliphatic carbocycles. The molecule has 4 N–H and O–H groups in total. The normalized spacial score (nSPS) is 9.74. The predicted octanol–water partition coefficient (Wildman–Crippen LogP) is 0.0749. The summed E-state index contributed by atoms with van der Waals surface area (Å²) in [5.41, 5.74) is -0.113. The molecule has 1 rings (SSSR count). The molecule has 1 aromatic carbocycles. The molecule has 0 aliphatic rings. The smallest absolute Gasteiger partial charge is 0.335 e. The Hall–Kier alpha value is -2.22. The van der Waals surface area contributed by atoms with Crippen LogP contribution in [0.1, 0.15) is 10.4 Å². The first-order valence-corrected chi connectivity index (χ1v) is 5.81. The zero-order valence-corrected chi connectivity index (χ0v) is 10.6. The standard InChI is InChI=1S/C11H12N2O5S/c14-8-2-1-6(11(17)18)3-7(8)13-9(15)4-12-10(16)5-19/h1-3,14,19H,4-5H2,(H,12,16)(H,13,15)(H,17,18). The minimum absolute atomic E-state index is 0.0370. The molecule has 0 unspecified atom stereocenters. The van der Waals surface area contributed by atoms with Gasteiger partial charge < -0.3 is 20.8 Å². The highest BCUT2D eigenvalue weighted by Gasteiger charge is 2.11. The first-order valence-electron chi connectivity index (χ1n) is 5.17. The highest BCUT2D eigenvalue weighted by molar-refractivity contribution is 7.81. The average molecular weight is 284 g/mol. The molecule has 0 atom stereocenters. The van der Waals surface area contributed by atoms with E-state index in [0.717, 1.165) is 12.1 Å². The number of aromatic carboxylic acids is 1. The van der Waals surface area contributed by atoms with Gasteiger partial charge in [0.05, 0.1) is 23.5 Å². The van der Waals surface area contributed by atoms with Gasteiger partial charge in [-0.2, -0.15) is 12.6 Å². The van der Waals surface area contributed by atoms with Crippen molar-refractivity contribution in [2.45, 2.75) is 0 Å². The third-order valence-electron chi connectivity index (χ3n) is 2.11. The zero-order chi connectivity index (χ0) is 14.4. The Morgan fingerprint density at radius 1 is 1.21 bits per heavy atom. The maximum atomic E-state index is 11.5. The van der Waals surface area contributed by atoms with Crippen LogP contribution in [-0.2, 0) is 9.59 Å². The molecular weight excluding hydrogens is 272 g/mol. The second-order valence-corrected chi connectivity index (χ2v) is 3.84. The van der Waals surface area contributed by atoms with Crippen molar-refractivity contribution in [3.8, 4) is 5.75 Å². The van der Waals surface area contributed by atoms with Crippen molar-refractivity contribution in [1.29, 1.82) is 0 Å². The van der Waals surface area contributed by atoms with Crippen molar-refractivity contribution in [3.05, 3.63) is 23.8 Å². The van der Waals surface area contributed by atoms with Gasteiger partial charge in [-0.15, -0.1) is 0 Å². The maximum Gasteiger partial charge on any atom is 0.335 e. The van der Waals surface area contributed by atoms with Gasteiger partial charge in [-0.25, -0.2) is 4.79 Å². The fraction of sp³-hybridized carbons (Fsp3) is 0.182. The van der Waals surface area contributed by atoms with Crippen LogP contribution in [0.15, 0.2) is 18.2 Å². The van der Waals surface area contributed by atoms with E-state index in [0.29, 0.717) is 0 Å². The fourth-order valence-electron chi connectivity index (χ4n) is 1.20. The summed E-state index contributed by atoms with van der Waals surface area (Å²) in [5.74, 6) is -2.50. The molecule has 0 heterocycles. The molecule has 0 bridgehead atoms. The number of carbonyl (C=O) groups is 3. The van der Waals surface area contributed by atoms with E-state index in [-0.39, 0.29) is 29.3 Å². The van der Waals surface area contributed by atoms with Crippen LogP contribution < -0.4 is 10.6 Å². The van der Waals surface area contributed by atoms with Crippen LogP contribution in [0, 0.1) is 0 Å². The third kappa shape index (κ3) is 4.51. The van der Waals surface area contributed by atoms with Gasteiger partial charge in [0.15, 0.2) is 0 Å². The lowest BCUT2D eigenvalue weighted by Gasteiger charge is -2.08. The largest absolute Gasteiger partial charge is 0.506 e. The summed E-state index contributed by atoms with van der Waals surface area (Å²) >= 11 is 3.72. The highest BCUT2D eigenvalue weighted by atomic mass is 32.1. The number of carboxylic acids is 1. The third-order valence-corrected chi connectivity index (χ3v) is 2.39. The van der Waals surface area contributed by atoms with Gasteiger partial charge >= 0.3 is 5.97 Å². The number of phenols is 1. The molecule has 0 spiro atoms. The Morgan fingerprint density at radius 2 is 1.89 bits per heavy atom. The van der Waals surface area contributed by atoms with Crippen molar-refractivity contribution in [2.24, 2.45) is 0 Å². The van der Waals surface area contributed by atoms with Gasteiger partial charge in [-0.3, -0.25) is 9.59 Å². The summed E-state index contributed by atoms with van der Waals surface area (Å²) in [6, 6.07) is 3.48. The number of carbonyl (C=O) groups excluding carboxylic acids is 2. The molecule has 7 nitrogen and oxygen atoms in total. The van der Waals surface area contributed by atoms with Gasteiger partial charge in [0, 0.05) is 0 Å². The summed E-state index contributed by atoms with van der Waals surface area (Å²) in [6.45, 7) is -0.296. The van der Waals surface area contributed by atoms with Crippen molar-refractivity contribution in [1.82, 2.24) is 5.32 Å². The van der Waals surface area contributed by atoms with Gasteiger partial charge in [0.25, 0.3) is 0 Å². The minimum Gasteiger partial charge on any atom is -0.506 e. The number of phenolic OH excluding ortho intramolecular Hbond substituents is 1. The van der Waals surface area contributed by atoms with Crippen molar-refractivity contribution in [2.75, 3.05) is 17.6 Å². The van der Waals surface area contributed by atoms with Gasteiger partial charge in [-0.1, -0.05) is 0 Å². The van der Waals surface area contributed by atoms with Gasteiger partial charge in [0.1, 0.15) is 5.75 Å². The number of benzene rings is 1. The number of thiol groups is 1. The van der Waals surface area contributed by atoms with Crippen molar-refractivity contribution < 1.29 is 24.6 Å². The van der Waals surface area contributed by atoms with E-state index in [9.17, 15) is 19.5 Å². The highest BCUT2D eigenvalue weighted by Crippen LogP contribution is 2.24. The van der Waals surface area contributed by atoms with E-state index in [1.165, 1.54) is 6.07 Å². The first kappa shape index (κ1) is 14.8. The SMILES string of the molecule is O=C(CS)NCC(=O)Nc1cc(C(=O)O)ccc1O. The van der Waals surface area contributed by atoms with Crippen LogP contribution in [0.2, 0.25) is 0 Å². The molecule has 8 heteroatoms. The van der Waals surface area contributed by atoms with Crippen molar-refractivity contribution >= 4 is 36.1 Å². The summed E-state index contributed by atoms with van der Waals surface area (Å²) in [6.07, 6.45) is 0. The number of hydrogen-bond acceptors (Lipinski definition) is 5. The summed E-state index contributed by atoms with van der Waals surface area (Å²) < 4.78 is 0. The molecule has 0 aliphatic heterocycles. The monoisotopic (exact) mass is 284 g/mol. The van der Waals surface area contributed by atoms with E-state index in [2.05, 4.69) is 23.3 Å².